The van der Waals surface area contributed by atoms with Crippen molar-refractivity contribution in [1.29, 1.82) is 0 Å². The number of nitrogens with zero attached hydrogens (tertiary/aromatic N) is 1. The SMILES string of the molecule is O=C(OCc1ccccc1[N+](=O)[O-])c1ccccc1C(=O)c1cccs1. The van der Waals surface area contributed by atoms with Crippen LogP contribution in [0.15, 0.2) is 66.0 Å². The monoisotopic (exact) mass is 367 g/mol. The second-order valence-electron chi connectivity index (χ2n) is 5.31. The van der Waals surface area contributed by atoms with E-state index in [2.05, 4.69) is 0 Å². The van der Waals surface area contributed by atoms with Gasteiger partial charge in [0.1, 0.15) is 6.61 Å². The van der Waals surface area contributed by atoms with Gasteiger partial charge in [0.25, 0.3) is 5.69 Å². The highest BCUT2D eigenvalue weighted by atomic mass is 32.1. The number of para-hydroxylation sites is 1. The van der Waals surface area contributed by atoms with Gasteiger partial charge in [0.2, 0.25) is 5.78 Å². The summed E-state index contributed by atoms with van der Waals surface area (Å²) in [7, 11) is 0. The first kappa shape index (κ1) is 17.5. The minimum Gasteiger partial charge on any atom is -0.457 e. The zero-order chi connectivity index (χ0) is 18.5. The van der Waals surface area contributed by atoms with Gasteiger partial charge in [-0.05, 0) is 23.6 Å². The first-order chi connectivity index (χ1) is 12.6. The number of ketones is 1. The van der Waals surface area contributed by atoms with Crippen molar-refractivity contribution in [3.8, 4) is 0 Å². The van der Waals surface area contributed by atoms with Gasteiger partial charge in [-0.1, -0.05) is 36.4 Å². The lowest BCUT2D eigenvalue weighted by Gasteiger charge is -2.09. The summed E-state index contributed by atoms with van der Waals surface area (Å²) in [5, 5.41) is 12.8. The van der Waals surface area contributed by atoms with Gasteiger partial charge in [-0.15, -0.1) is 11.3 Å². The quantitative estimate of drug-likeness (QED) is 0.281. The molecule has 0 amide bonds. The maximum atomic E-state index is 12.6. The number of nitro groups is 1. The molecule has 0 aliphatic heterocycles. The average Bonchev–Trinajstić information content (AvgIpc) is 3.20. The van der Waals surface area contributed by atoms with Crippen molar-refractivity contribution in [3.63, 3.8) is 0 Å². The van der Waals surface area contributed by atoms with E-state index in [4.69, 9.17) is 4.74 Å². The molecule has 6 nitrogen and oxygen atoms in total. The zero-order valence-electron chi connectivity index (χ0n) is 13.5. The molecule has 2 aromatic carbocycles. The molecule has 26 heavy (non-hydrogen) atoms. The molecule has 0 saturated carbocycles. The number of esters is 1. The molecule has 3 rings (SSSR count). The largest absolute Gasteiger partial charge is 0.457 e. The standard InChI is InChI=1S/C19H13NO5S/c21-18(17-10-5-11-26-17)14-7-2-3-8-15(14)19(22)25-12-13-6-1-4-9-16(13)20(23)24/h1-11H,12H2. The summed E-state index contributed by atoms with van der Waals surface area (Å²) < 4.78 is 5.22. The van der Waals surface area contributed by atoms with Gasteiger partial charge in [0.05, 0.1) is 20.9 Å². The molecule has 0 N–H and O–H groups in total. The third kappa shape index (κ3) is 3.68. The number of carbonyl (C=O) groups is 2. The van der Waals surface area contributed by atoms with Crippen molar-refractivity contribution >= 4 is 28.8 Å². The Bertz CT molecular complexity index is 966. The molecule has 0 unspecified atom stereocenters. The molecule has 1 aromatic heterocycles. The van der Waals surface area contributed by atoms with Gasteiger partial charge < -0.3 is 4.74 Å². The number of carbonyl (C=O) groups excluding carboxylic acids is 2. The van der Waals surface area contributed by atoms with Gasteiger partial charge in [-0.25, -0.2) is 4.79 Å². The van der Waals surface area contributed by atoms with Crippen molar-refractivity contribution in [3.05, 3.63) is 97.7 Å². The fraction of sp³-hybridized carbons (Fsp3) is 0.0526. The molecule has 0 saturated heterocycles. The van der Waals surface area contributed by atoms with Gasteiger partial charge >= 0.3 is 5.97 Å². The molecule has 0 radical (unpaired) electrons. The second kappa shape index (κ2) is 7.71. The molecule has 0 bridgehead atoms. The Morgan fingerprint density at radius 1 is 0.962 bits per heavy atom. The summed E-state index contributed by atoms with van der Waals surface area (Å²) >= 11 is 1.29. The summed E-state index contributed by atoms with van der Waals surface area (Å²) in [6, 6.07) is 15.8. The maximum Gasteiger partial charge on any atom is 0.339 e. The minimum absolute atomic E-state index is 0.122. The van der Waals surface area contributed by atoms with Crippen LogP contribution in [0.25, 0.3) is 0 Å². The first-order valence-corrected chi connectivity index (χ1v) is 8.52. The number of hydrogen-bond donors (Lipinski definition) is 0. The third-order valence-electron chi connectivity index (χ3n) is 3.68. The molecule has 0 atom stereocenters. The van der Waals surface area contributed by atoms with Crippen molar-refractivity contribution in [1.82, 2.24) is 0 Å². The smallest absolute Gasteiger partial charge is 0.339 e. The lowest BCUT2D eigenvalue weighted by molar-refractivity contribution is -0.385. The lowest BCUT2D eigenvalue weighted by atomic mass is 10.0. The Morgan fingerprint density at radius 2 is 1.65 bits per heavy atom. The van der Waals surface area contributed by atoms with Gasteiger partial charge in [-0.3, -0.25) is 14.9 Å². The zero-order valence-corrected chi connectivity index (χ0v) is 14.3. The third-order valence-corrected chi connectivity index (χ3v) is 4.55. The highest BCUT2D eigenvalue weighted by Gasteiger charge is 2.21. The summed E-state index contributed by atoms with van der Waals surface area (Å²) in [5.41, 5.74) is 0.531. The van der Waals surface area contributed by atoms with Crippen LogP contribution in [0.2, 0.25) is 0 Å². The van der Waals surface area contributed by atoms with Crippen LogP contribution in [0.5, 0.6) is 0 Å². The lowest BCUT2D eigenvalue weighted by Crippen LogP contribution is -2.12. The highest BCUT2D eigenvalue weighted by molar-refractivity contribution is 7.12. The fourth-order valence-electron chi connectivity index (χ4n) is 2.43. The number of thiophene rings is 1. The molecule has 3 aromatic rings. The van der Waals surface area contributed by atoms with E-state index in [-0.39, 0.29) is 34.8 Å². The number of ether oxygens (including phenoxy) is 1. The molecule has 7 heteroatoms. The normalized spacial score (nSPS) is 10.3. The Balaban J connectivity index is 1.81. The van der Waals surface area contributed by atoms with Crippen molar-refractivity contribution in [2.45, 2.75) is 6.61 Å². The number of nitro benzene ring substituents is 1. The van der Waals surface area contributed by atoms with E-state index in [1.54, 1.807) is 47.8 Å². The second-order valence-corrected chi connectivity index (χ2v) is 6.26. The predicted molar refractivity (Wildman–Crippen MR) is 96.4 cm³/mol. The van der Waals surface area contributed by atoms with E-state index in [0.717, 1.165) is 0 Å². The van der Waals surface area contributed by atoms with Crippen LogP contribution in [0, 0.1) is 10.1 Å². The first-order valence-electron chi connectivity index (χ1n) is 7.64. The summed E-state index contributed by atoms with van der Waals surface area (Å²) in [6.45, 7) is -0.252. The van der Waals surface area contributed by atoms with Crippen molar-refractivity contribution in [2.75, 3.05) is 0 Å². The maximum absolute atomic E-state index is 12.6. The van der Waals surface area contributed by atoms with Crippen LogP contribution in [0.1, 0.15) is 31.2 Å². The fourth-order valence-corrected chi connectivity index (χ4v) is 3.11. The summed E-state index contributed by atoms with van der Waals surface area (Å²) in [6.07, 6.45) is 0. The van der Waals surface area contributed by atoms with Crippen LogP contribution in [0.4, 0.5) is 5.69 Å². The molecular weight excluding hydrogens is 354 g/mol. The number of benzene rings is 2. The van der Waals surface area contributed by atoms with Crippen molar-refractivity contribution in [2.24, 2.45) is 0 Å². The topological polar surface area (TPSA) is 86.5 Å². The molecule has 0 aliphatic carbocycles. The molecule has 0 spiro atoms. The van der Waals surface area contributed by atoms with E-state index >= 15 is 0 Å². The molecule has 130 valence electrons. The Morgan fingerprint density at radius 3 is 2.35 bits per heavy atom. The molecule has 1 heterocycles. The Labute approximate surface area is 152 Å². The van der Waals surface area contributed by atoms with E-state index in [9.17, 15) is 19.7 Å². The van der Waals surface area contributed by atoms with E-state index < -0.39 is 10.9 Å². The molecular formula is C19H13NO5S. The van der Waals surface area contributed by atoms with E-state index in [1.807, 2.05) is 0 Å². The number of rotatable bonds is 6. The summed E-state index contributed by atoms with van der Waals surface area (Å²) in [4.78, 5) is 36.0. The number of hydrogen-bond acceptors (Lipinski definition) is 6. The molecule has 0 fully saturated rings. The van der Waals surface area contributed by atoms with Crippen LogP contribution in [-0.2, 0) is 11.3 Å². The van der Waals surface area contributed by atoms with Gasteiger partial charge in [-0.2, -0.15) is 0 Å². The Kier molecular flexibility index (Phi) is 5.19. The average molecular weight is 367 g/mol. The molecule has 0 aliphatic rings. The van der Waals surface area contributed by atoms with Crippen LogP contribution >= 0.6 is 11.3 Å². The predicted octanol–water partition coefficient (Wildman–Crippen LogP) is 4.24. The van der Waals surface area contributed by atoms with E-state index in [1.165, 1.54) is 29.5 Å². The summed E-state index contributed by atoms with van der Waals surface area (Å²) in [5.74, 6) is -0.970. The van der Waals surface area contributed by atoms with Crippen LogP contribution in [-0.4, -0.2) is 16.7 Å². The highest BCUT2D eigenvalue weighted by Crippen LogP contribution is 2.21. The van der Waals surface area contributed by atoms with Crippen LogP contribution in [0.3, 0.4) is 0 Å². The minimum atomic E-state index is -0.705. The van der Waals surface area contributed by atoms with Gasteiger partial charge in [0, 0.05) is 11.6 Å². The van der Waals surface area contributed by atoms with Crippen LogP contribution < -0.4 is 0 Å². The van der Waals surface area contributed by atoms with Crippen molar-refractivity contribution < 1.29 is 19.2 Å². The Hall–Kier alpha value is -3.32. The van der Waals surface area contributed by atoms with Gasteiger partial charge in [0.15, 0.2) is 0 Å². The van der Waals surface area contributed by atoms with E-state index in [0.29, 0.717) is 4.88 Å².